The summed E-state index contributed by atoms with van der Waals surface area (Å²) in [5.74, 6) is -1.87. The van der Waals surface area contributed by atoms with Gasteiger partial charge in [-0.1, -0.05) is 97.6 Å². The quantitative estimate of drug-likeness (QED) is 0.127. The van der Waals surface area contributed by atoms with Crippen molar-refractivity contribution >= 4 is 34.3 Å². The molecule has 7 heteroatoms. The number of carbonyl (C=O) groups is 3. The van der Waals surface area contributed by atoms with E-state index in [1.165, 1.54) is 6.26 Å². The first kappa shape index (κ1) is 30.1. The fourth-order valence-electron chi connectivity index (χ4n) is 5.20. The predicted molar refractivity (Wildman–Crippen MR) is 174 cm³/mol. The SMILES string of the molecule is C=C(C1=CO[C@H](COC(=O)c2ccccc2)[C@@H](OC(=O)c2ccccc2)[C@@H]1OC(=O)c1ccccc1)c1ccc2ccccc2c1. The molecule has 0 spiro atoms. The van der Waals surface area contributed by atoms with E-state index in [0.29, 0.717) is 27.8 Å². The molecule has 0 bridgehead atoms. The zero-order valence-electron chi connectivity index (χ0n) is 24.8. The zero-order chi connectivity index (χ0) is 31.9. The van der Waals surface area contributed by atoms with Gasteiger partial charge in [-0.3, -0.25) is 0 Å². The van der Waals surface area contributed by atoms with Crippen LogP contribution in [0.4, 0.5) is 0 Å². The molecule has 0 unspecified atom stereocenters. The van der Waals surface area contributed by atoms with Crippen LogP contribution in [0.25, 0.3) is 16.3 Å². The average molecular weight is 611 g/mol. The van der Waals surface area contributed by atoms with Crippen LogP contribution < -0.4 is 0 Å². The van der Waals surface area contributed by atoms with Crippen LogP contribution in [0.15, 0.2) is 152 Å². The molecule has 0 saturated carbocycles. The van der Waals surface area contributed by atoms with E-state index in [2.05, 4.69) is 6.58 Å². The maximum Gasteiger partial charge on any atom is 0.338 e. The van der Waals surface area contributed by atoms with Gasteiger partial charge in [-0.05, 0) is 64.4 Å². The molecule has 228 valence electrons. The highest BCUT2D eigenvalue weighted by Gasteiger charge is 2.44. The van der Waals surface area contributed by atoms with Crippen LogP contribution in [-0.4, -0.2) is 42.8 Å². The molecule has 0 aliphatic carbocycles. The second-order valence-electron chi connectivity index (χ2n) is 10.7. The Morgan fingerprint density at radius 2 is 1.11 bits per heavy atom. The number of hydrogen-bond donors (Lipinski definition) is 0. The van der Waals surface area contributed by atoms with Crippen LogP contribution in [0.3, 0.4) is 0 Å². The third kappa shape index (κ3) is 6.74. The summed E-state index contributed by atoms with van der Waals surface area (Å²) in [4.78, 5) is 39.8. The van der Waals surface area contributed by atoms with Crippen molar-refractivity contribution in [3.8, 4) is 0 Å². The smallest absolute Gasteiger partial charge is 0.338 e. The highest BCUT2D eigenvalue weighted by molar-refractivity contribution is 5.93. The molecule has 3 atom stereocenters. The molecule has 5 aromatic carbocycles. The normalized spacial score (nSPS) is 17.2. The van der Waals surface area contributed by atoms with E-state index in [0.717, 1.165) is 16.3 Å². The van der Waals surface area contributed by atoms with E-state index >= 15 is 0 Å². The first-order chi connectivity index (χ1) is 22.5. The lowest BCUT2D eigenvalue weighted by molar-refractivity contribution is -0.101. The topological polar surface area (TPSA) is 88.1 Å². The number of hydrogen-bond acceptors (Lipinski definition) is 7. The molecule has 5 aromatic rings. The predicted octanol–water partition coefficient (Wildman–Crippen LogP) is 7.44. The molecule has 6 rings (SSSR count). The maximum atomic E-state index is 13.5. The molecule has 7 nitrogen and oxygen atoms in total. The van der Waals surface area contributed by atoms with Crippen LogP contribution in [0.5, 0.6) is 0 Å². The van der Waals surface area contributed by atoms with Crippen molar-refractivity contribution in [3.05, 3.63) is 174 Å². The Morgan fingerprint density at radius 3 is 1.72 bits per heavy atom. The molecule has 1 aliphatic rings. The van der Waals surface area contributed by atoms with Gasteiger partial charge in [-0.25, -0.2) is 14.4 Å². The lowest BCUT2D eigenvalue weighted by Crippen LogP contribution is -2.50. The minimum atomic E-state index is -1.21. The summed E-state index contributed by atoms with van der Waals surface area (Å²) in [6, 6.07) is 39.2. The van der Waals surface area contributed by atoms with Crippen LogP contribution in [0.2, 0.25) is 0 Å². The fraction of sp³-hybridized carbons (Fsp3) is 0.103. The Morgan fingerprint density at radius 1 is 0.587 bits per heavy atom. The Labute approximate surface area is 266 Å². The number of carbonyl (C=O) groups excluding carboxylic acids is 3. The average Bonchev–Trinajstić information content (AvgIpc) is 3.12. The van der Waals surface area contributed by atoms with E-state index in [9.17, 15) is 14.4 Å². The number of ether oxygens (including phenoxy) is 4. The number of esters is 3. The highest BCUT2D eigenvalue weighted by atomic mass is 16.6. The summed E-state index contributed by atoms with van der Waals surface area (Å²) in [5, 5.41) is 2.05. The first-order valence-corrected chi connectivity index (χ1v) is 14.8. The molecule has 0 amide bonds. The lowest BCUT2D eigenvalue weighted by atomic mass is 9.89. The number of fused-ring (bicyclic) bond motifs is 1. The van der Waals surface area contributed by atoms with Gasteiger partial charge < -0.3 is 18.9 Å². The van der Waals surface area contributed by atoms with Crippen LogP contribution in [0.1, 0.15) is 36.6 Å². The van der Waals surface area contributed by atoms with E-state index in [1.54, 1.807) is 91.0 Å². The van der Waals surface area contributed by atoms with Crippen molar-refractivity contribution in [2.75, 3.05) is 6.61 Å². The van der Waals surface area contributed by atoms with Gasteiger partial charge in [0.15, 0.2) is 18.3 Å². The van der Waals surface area contributed by atoms with Gasteiger partial charge in [0.1, 0.15) is 6.61 Å². The van der Waals surface area contributed by atoms with Crippen molar-refractivity contribution in [2.24, 2.45) is 0 Å². The minimum Gasteiger partial charge on any atom is -0.490 e. The van der Waals surface area contributed by atoms with Crippen LogP contribution in [-0.2, 0) is 18.9 Å². The van der Waals surface area contributed by atoms with Gasteiger partial charge in [0, 0.05) is 5.57 Å². The fourth-order valence-corrected chi connectivity index (χ4v) is 5.20. The first-order valence-electron chi connectivity index (χ1n) is 14.8. The minimum absolute atomic E-state index is 0.286. The van der Waals surface area contributed by atoms with Gasteiger partial charge in [0.05, 0.1) is 23.0 Å². The largest absolute Gasteiger partial charge is 0.490 e. The van der Waals surface area contributed by atoms with Gasteiger partial charge in [0.25, 0.3) is 0 Å². The van der Waals surface area contributed by atoms with E-state index < -0.39 is 36.2 Å². The molecule has 0 radical (unpaired) electrons. The molecule has 1 aliphatic heterocycles. The monoisotopic (exact) mass is 610 g/mol. The molecular weight excluding hydrogens is 580 g/mol. The second-order valence-corrected chi connectivity index (χ2v) is 10.7. The zero-order valence-corrected chi connectivity index (χ0v) is 24.8. The van der Waals surface area contributed by atoms with Crippen molar-refractivity contribution < 1.29 is 33.3 Å². The Hall–Kier alpha value is -5.95. The van der Waals surface area contributed by atoms with E-state index in [-0.39, 0.29) is 6.61 Å². The van der Waals surface area contributed by atoms with Gasteiger partial charge in [0.2, 0.25) is 0 Å². The summed E-state index contributed by atoms with van der Waals surface area (Å²) in [5.41, 5.74) is 2.62. The number of rotatable bonds is 9. The summed E-state index contributed by atoms with van der Waals surface area (Å²) in [6.45, 7) is 4.05. The summed E-state index contributed by atoms with van der Waals surface area (Å²) in [6.07, 6.45) is -1.94. The summed E-state index contributed by atoms with van der Waals surface area (Å²) < 4.78 is 23.9. The van der Waals surface area contributed by atoms with Gasteiger partial charge >= 0.3 is 17.9 Å². The van der Waals surface area contributed by atoms with Crippen molar-refractivity contribution in [1.82, 2.24) is 0 Å². The van der Waals surface area contributed by atoms with E-state index in [4.69, 9.17) is 18.9 Å². The summed E-state index contributed by atoms with van der Waals surface area (Å²) >= 11 is 0. The molecule has 0 aromatic heterocycles. The lowest BCUT2D eigenvalue weighted by Gasteiger charge is -2.37. The molecule has 0 N–H and O–H groups in total. The van der Waals surface area contributed by atoms with Gasteiger partial charge in [-0.15, -0.1) is 0 Å². The highest BCUT2D eigenvalue weighted by Crippen LogP contribution is 2.35. The Balaban J connectivity index is 1.37. The summed E-state index contributed by atoms with van der Waals surface area (Å²) in [7, 11) is 0. The maximum absolute atomic E-state index is 13.5. The molecule has 1 heterocycles. The van der Waals surface area contributed by atoms with Crippen LogP contribution >= 0.6 is 0 Å². The Bertz CT molecular complexity index is 1900. The molecule has 0 saturated heterocycles. The third-order valence-corrected chi connectivity index (χ3v) is 7.67. The standard InChI is InChI=1S/C39H30O7/c1-26(31-22-21-27-13-11-12-20-32(27)23-31)33-24-43-34(25-44-37(40)28-14-5-2-6-15-28)36(46-39(42)30-18-9-4-10-19-30)35(33)45-38(41)29-16-7-3-8-17-29/h2-24,34-36H,1,25H2/t34-,35-,36-/m1/s1. The third-order valence-electron chi connectivity index (χ3n) is 7.67. The van der Waals surface area contributed by atoms with Crippen molar-refractivity contribution in [3.63, 3.8) is 0 Å². The van der Waals surface area contributed by atoms with Crippen molar-refractivity contribution in [2.45, 2.75) is 18.3 Å². The van der Waals surface area contributed by atoms with Crippen LogP contribution in [0, 0.1) is 0 Å². The second kappa shape index (κ2) is 13.8. The van der Waals surface area contributed by atoms with E-state index in [1.807, 2.05) is 42.5 Å². The molecule has 0 fully saturated rings. The number of benzene rings is 5. The van der Waals surface area contributed by atoms with Crippen molar-refractivity contribution in [1.29, 1.82) is 0 Å². The Kier molecular flexibility index (Phi) is 9.02. The molecular formula is C39H30O7. The van der Waals surface area contributed by atoms with Gasteiger partial charge in [-0.2, -0.15) is 0 Å². The molecule has 46 heavy (non-hydrogen) atoms.